The molecule has 0 bridgehead atoms. The zero-order valence-electron chi connectivity index (χ0n) is 16.5. The Balaban J connectivity index is 2.40. The average Bonchev–Trinajstić information content (AvgIpc) is 2.70. The summed E-state index contributed by atoms with van der Waals surface area (Å²) in [5.41, 5.74) is 2.05. The first-order chi connectivity index (χ1) is 14.0. The van der Waals surface area contributed by atoms with E-state index in [1.54, 1.807) is 36.4 Å². The summed E-state index contributed by atoms with van der Waals surface area (Å²) in [6.07, 6.45) is 3.85. The van der Waals surface area contributed by atoms with E-state index in [2.05, 4.69) is 11.9 Å². The number of rotatable bonds is 9. The minimum atomic E-state index is -0.507. The lowest BCUT2D eigenvalue weighted by Crippen LogP contribution is -2.13. The van der Waals surface area contributed by atoms with Crippen LogP contribution in [-0.4, -0.2) is 19.1 Å². The van der Waals surface area contributed by atoms with Gasteiger partial charge >= 0.3 is 0 Å². The third-order valence-corrected chi connectivity index (χ3v) is 4.14. The van der Waals surface area contributed by atoms with E-state index in [0.29, 0.717) is 47.4 Å². The molecule has 1 amide bonds. The molecule has 29 heavy (non-hydrogen) atoms. The predicted molar refractivity (Wildman–Crippen MR) is 116 cm³/mol. The van der Waals surface area contributed by atoms with Gasteiger partial charge in [0, 0.05) is 16.3 Å². The molecule has 0 fully saturated rings. The van der Waals surface area contributed by atoms with Crippen molar-refractivity contribution < 1.29 is 14.3 Å². The highest BCUT2D eigenvalue weighted by Gasteiger charge is 2.15. The fourth-order valence-corrected chi connectivity index (χ4v) is 2.82. The van der Waals surface area contributed by atoms with Crippen LogP contribution < -0.4 is 14.8 Å². The molecule has 0 aliphatic heterocycles. The highest BCUT2D eigenvalue weighted by Crippen LogP contribution is 2.34. The fraction of sp³-hybridized carbons (Fsp3) is 0.217. The predicted octanol–water partition coefficient (Wildman–Crippen LogP) is 5.41. The maximum Gasteiger partial charge on any atom is 0.266 e. The molecule has 2 aromatic rings. The SMILES string of the molecule is C=CCc1cc(/C=C(\C#N)C(=O)Nc2ccc(Cl)cc2)cc(OCC)c1OCC. The van der Waals surface area contributed by atoms with Gasteiger partial charge in [0.05, 0.1) is 13.2 Å². The van der Waals surface area contributed by atoms with Crippen LogP contribution in [0.1, 0.15) is 25.0 Å². The van der Waals surface area contributed by atoms with E-state index in [9.17, 15) is 10.1 Å². The summed E-state index contributed by atoms with van der Waals surface area (Å²) in [6, 6.07) is 12.2. The summed E-state index contributed by atoms with van der Waals surface area (Å²) in [7, 11) is 0. The number of hydrogen-bond acceptors (Lipinski definition) is 4. The number of carbonyl (C=O) groups is 1. The largest absolute Gasteiger partial charge is 0.490 e. The van der Waals surface area contributed by atoms with Gasteiger partial charge in [-0.05, 0) is 68.3 Å². The van der Waals surface area contributed by atoms with Crippen molar-refractivity contribution >= 4 is 29.3 Å². The molecular formula is C23H23ClN2O3. The molecule has 0 radical (unpaired) electrons. The zero-order valence-corrected chi connectivity index (χ0v) is 17.3. The van der Waals surface area contributed by atoms with Crippen LogP contribution in [0, 0.1) is 11.3 Å². The van der Waals surface area contributed by atoms with Gasteiger partial charge in [0.25, 0.3) is 5.91 Å². The number of hydrogen-bond donors (Lipinski definition) is 1. The number of halogens is 1. The highest BCUT2D eigenvalue weighted by atomic mass is 35.5. The van der Waals surface area contributed by atoms with Crippen LogP contribution in [0.5, 0.6) is 11.5 Å². The first-order valence-corrected chi connectivity index (χ1v) is 9.62. The summed E-state index contributed by atoms with van der Waals surface area (Å²) in [5, 5.41) is 12.7. The molecule has 0 saturated heterocycles. The molecule has 2 rings (SSSR count). The summed E-state index contributed by atoms with van der Waals surface area (Å²) in [4.78, 5) is 12.5. The molecule has 0 aliphatic carbocycles. The van der Waals surface area contributed by atoms with Gasteiger partial charge < -0.3 is 14.8 Å². The Bertz CT molecular complexity index is 944. The molecule has 0 aromatic heterocycles. The van der Waals surface area contributed by atoms with Crippen molar-refractivity contribution in [3.63, 3.8) is 0 Å². The Morgan fingerprint density at radius 3 is 2.48 bits per heavy atom. The number of allylic oxidation sites excluding steroid dienone is 1. The van der Waals surface area contributed by atoms with Gasteiger partial charge in [-0.3, -0.25) is 4.79 Å². The highest BCUT2D eigenvalue weighted by molar-refractivity contribution is 6.30. The van der Waals surface area contributed by atoms with E-state index in [1.165, 1.54) is 6.08 Å². The van der Waals surface area contributed by atoms with Crippen molar-refractivity contribution in [1.29, 1.82) is 5.26 Å². The molecule has 0 spiro atoms. The minimum Gasteiger partial charge on any atom is -0.490 e. The molecule has 0 unspecified atom stereocenters. The molecule has 150 valence electrons. The maximum atomic E-state index is 12.5. The van der Waals surface area contributed by atoms with Gasteiger partial charge in [-0.1, -0.05) is 17.7 Å². The van der Waals surface area contributed by atoms with Gasteiger partial charge in [-0.2, -0.15) is 5.26 Å². The van der Waals surface area contributed by atoms with Crippen LogP contribution in [0.3, 0.4) is 0 Å². The number of amides is 1. The molecular weight excluding hydrogens is 388 g/mol. The van der Waals surface area contributed by atoms with Crippen molar-refractivity contribution in [2.24, 2.45) is 0 Å². The Labute approximate surface area is 176 Å². The van der Waals surface area contributed by atoms with E-state index < -0.39 is 5.91 Å². The number of nitrogens with one attached hydrogen (secondary N) is 1. The van der Waals surface area contributed by atoms with Gasteiger partial charge in [-0.25, -0.2) is 0 Å². The topological polar surface area (TPSA) is 71.4 Å². The lowest BCUT2D eigenvalue weighted by Gasteiger charge is -2.16. The second kappa shape index (κ2) is 10.9. The third kappa shape index (κ3) is 6.13. The summed E-state index contributed by atoms with van der Waals surface area (Å²) in [6.45, 7) is 8.52. The van der Waals surface area contributed by atoms with E-state index in [-0.39, 0.29) is 5.57 Å². The molecule has 1 N–H and O–H groups in total. The smallest absolute Gasteiger partial charge is 0.266 e. The number of nitriles is 1. The number of benzene rings is 2. The minimum absolute atomic E-state index is 0.0314. The summed E-state index contributed by atoms with van der Waals surface area (Å²) < 4.78 is 11.5. The van der Waals surface area contributed by atoms with Crippen LogP contribution in [0.15, 0.2) is 54.6 Å². The van der Waals surface area contributed by atoms with Gasteiger partial charge in [-0.15, -0.1) is 6.58 Å². The number of carbonyl (C=O) groups excluding carboxylic acids is 1. The molecule has 0 heterocycles. The lowest BCUT2D eigenvalue weighted by molar-refractivity contribution is -0.112. The van der Waals surface area contributed by atoms with Crippen molar-refractivity contribution in [3.05, 3.63) is 70.8 Å². The van der Waals surface area contributed by atoms with Crippen LogP contribution in [0.4, 0.5) is 5.69 Å². The van der Waals surface area contributed by atoms with E-state index >= 15 is 0 Å². The molecule has 5 nitrogen and oxygen atoms in total. The van der Waals surface area contributed by atoms with E-state index in [0.717, 1.165) is 5.56 Å². The first kappa shape index (κ1) is 22.1. The lowest BCUT2D eigenvalue weighted by atomic mass is 10.0. The van der Waals surface area contributed by atoms with Crippen LogP contribution >= 0.6 is 11.6 Å². The number of nitrogens with zero attached hydrogens (tertiary/aromatic N) is 1. The van der Waals surface area contributed by atoms with Gasteiger partial charge in [0.2, 0.25) is 0 Å². The second-order valence-corrected chi connectivity index (χ2v) is 6.43. The quantitative estimate of drug-likeness (QED) is 0.340. The Hall–Kier alpha value is -3.23. The third-order valence-electron chi connectivity index (χ3n) is 3.89. The monoisotopic (exact) mass is 410 g/mol. The van der Waals surface area contributed by atoms with Crippen molar-refractivity contribution in [1.82, 2.24) is 0 Å². The van der Waals surface area contributed by atoms with Gasteiger partial charge in [0.15, 0.2) is 11.5 Å². The maximum absolute atomic E-state index is 12.5. The molecule has 0 aliphatic rings. The Kier molecular flexibility index (Phi) is 8.32. The van der Waals surface area contributed by atoms with E-state index in [1.807, 2.05) is 26.0 Å². The van der Waals surface area contributed by atoms with Crippen LogP contribution in [-0.2, 0) is 11.2 Å². The fourth-order valence-electron chi connectivity index (χ4n) is 2.69. The summed E-state index contributed by atoms with van der Waals surface area (Å²) >= 11 is 5.86. The Morgan fingerprint density at radius 1 is 1.21 bits per heavy atom. The van der Waals surface area contributed by atoms with Crippen LogP contribution in [0.2, 0.25) is 5.02 Å². The molecule has 2 aromatic carbocycles. The average molecular weight is 411 g/mol. The second-order valence-electron chi connectivity index (χ2n) is 6.00. The number of ether oxygens (including phenoxy) is 2. The van der Waals surface area contributed by atoms with Crippen molar-refractivity contribution in [2.45, 2.75) is 20.3 Å². The molecule has 6 heteroatoms. The molecule has 0 saturated carbocycles. The van der Waals surface area contributed by atoms with E-state index in [4.69, 9.17) is 21.1 Å². The molecule has 0 atom stereocenters. The number of anilines is 1. The van der Waals surface area contributed by atoms with Gasteiger partial charge in [0.1, 0.15) is 11.6 Å². The first-order valence-electron chi connectivity index (χ1n) is 9.24. The van der Waals surface area contributed by atoms with Crippen LogP contribution in [0.25, 0.3) is 6.08 Å². The van der Waals surface area contributed by atoms with Crippen molar-refractivity contribution in [3.8, 4) is 17.6 Å². The standard InChI is InChI=1S/C23H23ClN2O3/c1-4-7-17-12-16(14-21(28-5-2)22(17)29-6-3)13-18(15-25)23(27)26-20-10-8-19(24)9-11-20/h4,8-14H,1,5-7H2,2-3H3,(H,26,27)/b18-13+. The normalized spacial score (nSPS) is 10.8. The Morgan fingerprint density at radius 2 is 1.90 bits per heavy atom. The zero-order chi connectivity index (χ0) is 21.2. The van der Waals surface area contributed by atoms with Crippen molar-refractivity contribution in [2.75, 3.05) is 18.5 Å². The summed E-state index contributed by atoms with van der Waals surface area (Å²) in [5.74, 6) is 0.706.